The predicted octanol–water partition coefficient (Wildman–Crippen LogP) is 1.11. The molecule has 1 aromatic carbocycles. The molecule has 0 aliphatic rings. The molecule has 0 aliphatic carbocycles. The number of Topliss-reactive ketones (excluding diaryl/α,β-unsaturated/α-hetero) is 1. The molecular weight excluding hydrogens is 312 g/mol. The first-order valence-corrected chi connectivity index (χ1v) is 7.68. The van der Waals surface area contributed by atoms with Crippen LogP contribution in [0.25, 0.3) is 0 Å². The van der Waals surface area contributed by atoms with Crippen molar-refractivity contribution in [3.05, 3.63) is 29.3 Å². The maximum atomic E-state index is 11.7. The summed E-state index contributed by atoms with van der Waals surface area (Å²) in [5.74, 6) is -0.481. The van der Waals surface area contributed by atoms with Crippen molar-refractivity contribution in [3.8, 4) is 5.75 Å². The molecule has 0 spiro atoms. The molecule has 7 heteroatoms. The van der Waals surface area contributed by atoms with E-state index in [1.807, 2.05) is 0 Å². The quantitative estimate of drug-likeness (QED) is 0.379. The molecule has 1 rings (SSSR count). The van der Waals surface area contributed by atoms with Crippen molar-refractivity contribution in [1.82, 2.24) is 10.6 Å². The van der Waals surface area contributed by atoms with E-state index in [9.17, 15) is 19.2 Å². The van der Waals surface area contributed by atoms with Crippen molar-refractivity contribution in [2.24, 2.45) is 0 Å². The van der Waals surface area contributed by atoms with Crippen LogP contribution in [0.3, 0.4) is 0 Å². The van der Waals surface area contributed by atoms with Crippen molar-refractivity contribution in [1.29, 1.82) is 0 Å². The normalized spacial score (nSPS) is 9.92. The third-order valence-electron chi connectivity index (χ3n) is 3.20. The monoisotopic (exact) mass is 334 g/mol. The van der Waals surface area contributed by atoms with Crippen molar-refractivity contribution >= 4 is 23.9 Å². The van der Waals surface area contributed by atoms with E-state index in [1.165, 1.54) is 19.9 Å². The highest BCUT2D eigenvalue weighted by Gasteiger charge is 2.14. The lowest BCUT2D eigenvalue weighted by molar-refractivity contribution is -0.123. The molecule has 0 saturated heterocycles. The number of carbonyl (C=O) groups excluding carboxylic acids is 4. The average molecular weight is 334 g/mol. The number of carbonyl (C=O) groups is 4. The Balaban J connectivity index is 2.41. The van der Waals surface area contributed by atoms with E-state index in [-0.39, 0.29) is 41.1 Å². The highest BCUT2D eigenvalue weighted by molar-refractivity contribution is 6.03. The highest BCUT2D eigenvalue weighted by atomic mass is 16.5. The van der Waals surface area contributed by atoms with Crippen molar-refractivity contribution < 1.29 is 23.9 Å². The molecule has 24 heavy (non-hydrogen) atoms. The molecule has 0 aliphatic heterocycles. The molecule has 0 fully saturated rings. The van der Waals surface area contributed by atoms with Gasteiger partial charge >= 0.3 is 0 Å². The molecular formula is C17H22N2O5. The van der Waals surface area contributed by atoms with Gasteiger partial charge in [0.05, 0.1) is 5.56 Å². The molecule has 0 aromatic heterocycles. The predicted molar refractivity (Wildman–Crippen MR) is 88.3 cm³/mol. The van der Waals surface area contributed by atoms with Gasteiger partial charge in [-0.05, 0) is 25.8 Å². The maximum absolute atomic E-state index is 11.7. The van der Waals surface area contributed by atoms with Crippen LogP contribution in [0.5, 0.6) is 5.75 Å². The summed E-state index contributed by atoms with van der Waals surface area (Å²) >= 11 is 0. The fourth-order valence-corrected chi connectivity index (χ4v) is 2.08. The van der Waals surface area contributed by atoms with Gasteiger partial charge in [0.2, 0.25) is 5.91 Å². The number of unbranched alkanes of at least 4 members (excludes halogenated alkanes) is 1. The van der Waals surface area contributed by atoms with Crippen LogP contribution in [0.4, 0.5) is 0 Å². The van der Waals surface area contributed by atoms with Crippen LogP contribution in [0.1, 0.15) is 47.4 Å². The zero-order valence-corrected chi connectivity index (χ0v) is 13.9. The third-order valence-corrected chi connectivity index (χ3v) is 3.20. The largest absolute Gasteiger partial charge is 0.483 e. The topological polar surface area (TPSA) is 102 Å². The highest BCUT2D eigenvalue weighted by Crippen LogP contribution is 2.22. The third kappa shape index (κ3) is 6.60. The molecule has 0 unspecified atom stereocenters. The van der Waals surface area contributed by atoms with Gasteiger partial charge in [0.1, 0.15) is 5.75 Å². The molecule has 0 radical (unpaired) electrons. The minimum Gasteiger partial charge on any atom is -0.483 e. The summed E-state index contributed by atoms with van der Waals surface area (Å²) in [7, 11) is 0. The Morgan fingerprint density at radius 2 is 1.75 bits per heavy atom. The van der Waals surface area contributed by atoms with Gasteiger partial charge in [-0.2, -0.15) is 0 Å². The van der Waals surface area contributed by atoms with Crippen molar-refractivity contribution in [2.45, 2.75) is 26.7 Å². The number of rotatable bonds is 10. The Bertz CT molecular complexity index is 613. The van der Waals surface area contributed by atoms with Gasteiger partial charge in [-0.3, -0.25) is 19.2 Å². The number of hydrogen-bond acceptors (Lipinski definition) is 5. The van der Waals surface area contributed by atoms with E-state index in [4.69, 9.17) is 4.74 Å². The number of amides is 2. The van der Waals surface area contributed by atoms with E-state index in [0.717, 1.165) is 12.8 Å². The molecule has 7 nitrogen and oxygen atoms in total. The second-order valence-corrected chi connectivity index (χ2v) is 5.22. The number of ketones is 1. The summed E-state index contributed by atoms with van der Waals surface area (Å²) in [4.78, 5) is 45.0. The zero-order chi connectivity index (χ0) is 17.9. The van der Waals surface area contributed by atoms with Crippen molar-refractivity contribution in [2.75, 3.05) is 19.7 Å². The van der Waals surface area contributed by atoms with Crippen LogP contribution >= 0.6 is 0 Å². The first-order valence-electron chi connectivity index (χ1n) is 7.68. The molecule has 2 amide bonds. The van der Waals surface area contributed by atoms with E-state index < -0.39 is 0 Å². The van der Waals surface area contributed by atoms with Gasteiger partial charge < -0.3 is 15.4 Å². The molecule has 0 atom stereocenters. The lowest BCUT2D eigenvalue weighted by Crippen LogP contribution is -2.30. The van der Waals surface area contributed by atoms with Gasteiger partial charge in [-0.15, -0.1) is 0 Å². The minimum absolute atomic E-state index is 0.0775. The molecule has 1 aromatic rings. The summed E-state index contributed by atoms with van der Waals surface area (Å²) in [6.07, 6.45) is 2.07. The Hall–Kier alpha value is -2.70. The van der Waals surface area contributed by atoms with Crippen LogP contribution in [0.2, 0.25) is 0 Å². The van der Waals surface area contributed by atoms with E-state index in [0.29, 0.717) is 19.4 Å². The standard InChI is InChI=1S/C17H22N2O5/c1-12(21)17-14(10-20)6-5-7-15(17)24-11-16(23)19-9-4-3-8-18-13(2)22/h5-7,10H,3-4,8-9,11H2,1-2H3,(H,18,22)(H,19,23). The Morgan fingerprint density at radius 3 is 2.33 bits per heavy atom. The van der Waals surface area contributed by atoms with E-state index >= 15 is 0 Å². The SMILES string of the molecule is CC(=O)NCCCCNC(=O)COc1cccc(C=O)c1C(C)=O. The summed E-state index contributed by atoms with van der Waals surface area (Å²) in [6, 6.07) is 4.65. The number of hydrogen-bond donors (Lipinski definition) is 2. The maximum Gasteiger partial charge on any atom is 0.257 e. The Labute approximate surface area is 140 Å². The smallest absolute Gasteiger partial charge is 0.257 e. The van der Waals surface area contributed by atoms with E-state index in [2.05, 4.69) is 10.6 Å². The molecule has 0 bridgehead atoms. The summed E-state index contributed by atoms with van der Waals surface area (Å²) < 4.78 is 5.36. The minimum atomic E-state index is -0.319. The molecule has 0 saturated carbocycles. The van der Waals surface area contributed by atoms with Gasteiger partial charge in [-0.25, -0.2) is 0 Å². The fraction of sp³-hybridized carbons (Fsp3) is 0.412. The van der Waals surface area contributed by atoms with Crippen LogP contribution in [0.15, 0.2) is 18.2 Å². The second kappa shape index (κ2) is 10.1. The zero-order valence-electron chi connectivity index (χ0n) is 13.9. The first-order chi connectivity index (χ1) is 11.5. The summed E-state index contributed by atoms with van der Waals surface area (Å²) in [6.45, 7) is 3.59. The first kappa shape index (κ1) is 19.3. The van der Waals surface area contributed by atoms with Crippen LogP contribution in [-0.2, 0) is 9.59 Å². The molecule has 0 heterocycles. The molecule has 2 N–H and O–H groups in total. The van der Waals surface area contributed by atoms with Crippen LogP contribution in [0, 0.1) is 0 Å². The Morgan fingerprint density at radius 1 is 1.08 bits per heavy atom. The Kier molecular flexibility index (Phi) is 8.18. The summed E-state index contributed by atoms with van der Waals surface area (Å²) in [5.41, 5.74) is 0.411. The average Bonchev–Trinajstić information content (AvgIpc) is 2.55. The van der Waals surface area contributed by atoms with Gasteiger partial charge in [0, 0.05) is 25.6 Å². The van der Waals surface area contributed by atoms with Crippen molar-refractivity contribution in [3.63, 3.8) is 0 Å². The van der Waals surface area contributed by atoms with Crippen LogP contribution < -0.4 is 15.4 Å². The lowest BCUT2D eigenvalue weighted by Gasteiger charge is -2.11. The van der Waals surface area contributed by atoms with E-state index in [1.54, 1.807) is 12.1 Å². The second-order valence-electron chi connectivity index (χ2n) is 5.22. The fourth-order valence-electron chi connectivity index (χ4n) is 2.08. The lowest BCUT2D eigenvalue weighted by atomic mass is 10.0. The van der Waals surface area contributed by atoms with Gasteiger partial charge in [-0.1, -0.05) is 12.1 Å². The summed E-state index contributed by atoms with van der Waals surface area (Å²) in [5, 5.41) is 5.36. The number of ether oxygens (including phenoxy) is 1. The van der Waals surface area contributed by atoms with Crippen LogP contribution in [-0.4, -0.2) is 43.6 Å². The number of aldehydes is 1. The number of nitrogens with one attached hydrogen (secondary N) is 2. The van der Waals surface area contributed by atoms with Gasteiger partial charge in [0.25, 0.3) is 5.91 Å². The molecule has 130 valence electrons. The van der Waals surface area contributed by atoms with Gasteiger partial charge in [0.15, 0.2) is 18.7 Å². The number of benzene rings is 1.